The van der Waals surface area contributed by atoms with Crippen molar-refractivity contribution in [1.29, 1.82) is 0 Å². The molecule has 13 nitrogen and oxygen atoms in total. The van der Waals surface area contributed by atoms with Gasteiger partial charge in [-0.2, -0.15) is 0 Å². The molecule has 0 spiro atoms. The van der Waals surface area contributed by atoms with Crippen LogP contribution in [0, 0.1) is 5.82 Å². The molecule has 54 heavy (non-hydrogen) atoms. The van der Waals surface area contributed by atoms with Crippen LogP contribution < -0.4 is 10.0 Å². The number of anilines is 1. The Balaban J connectivity index is 1.05. The molecule has 2 N–H and O–H groups in total. The van der Waals surface area contributed by atoms with Crippen LogP contribution in [0.1, 0.15) is 57.5 Å². The van der Waals surface area contributed by atoms with Crippen molar-refractivity contribution in [2.75, 3.05) is 76.6 Å². The van der Waals surface area contributed by atoms with E-state index in [-0.39, 0.29) is 55.0 Å². The lowest BCUT2D eigenvalue weighted by Crippen LogP contribution is -2.34. The standard InChI is InChI=1S/C39H45FN2O11S/c1-26(43)28-5-3-27(4-6-28)25-52-22-21-51-20-19-50-18-17-49-16-15-48-14-13-42(54(2,46)47)34-24-35-33(23-32(34)29-7-8-29)36(37(44)39(41)45)38(53-35)30-9-11-31(40)12-10-30/h3-6,9-12,23-24,29H,7-8,13-22,25H2,1-2H3,(H2,41,45). The van der Waals surface area contributed by atoms with Crippen molar-refractivity contribution >= 4 is 44.2 Å². The summed E-state index contributed by atoms with van der Waals surface area (Å²) < 4.78 is 75.0. The predicted molar refractivity (Wildman–Crippen MR) is 199 cm³/mol. The third-order valence-corrected chi connectivity index (χ3v) is 9.82. The molecule has 1 amide bonds. The monoisotopic (exact) mass is 768 g/mol. The zero-order valence-electron chi connectivity index (χ0n) is 30.3. The second kappa shape index (κ2) is 19.2. The maximum Gasteiger partial charge on any atom is 0.289 e. The Hall–Kier alpha value is -4.51. The lowest BCUT2D eigenvalue weighted by molar-refractivity contribution is -0.114. The normalized spacial score (nSPS) is 13.0. The summed E-state index contributed by atoms with van der Waals surface area (Å²) in [4.78, 5) is 36.4. The molecule has 0 aliphatic heterocycles. The third-order valence-electron chi connectivity index (χ3n) is 8.64. The van der Waals surface area contributed by atoms with Crippen LogP contribution in [0.15, 0.2) is 65.1 Å². The van der Waals surface area contributed by atoms with Gasteiger partial charge in [0.05, 0.1) is 90.1 Å². The van der Waals surface area contributed by atoms with Gasteiger partial charge in [0.2, 0.25) is 10.0 Å². The molecular formula is C39H45FN2O11S. The first kappa shape index (κ1) is 40.7. The van der Waals surface area contributed by atoms with Crippen molar-refractivity contribution in [2.45, 2.75) is 32.3 Å². The average molecular weight is 769 g/mol. The summed E-state index contributed by atoms with van der Waals surface area (Å²) in [5.41, 5.74) is 8.58. The summed E-state index contributed by atoms with van der Waals surface area (Å²) in [7, 11) is -3.79. The average Bonchev–Trinajstić information content (AvgIpc) is 3.92. The number of benzene rings is 3. The quantitative estimate of drug-likeness (QED) is 0.0575. The number of ketones is 2. The highest BCUT2D eigenvalue weighted by atomic mass is 32.2. The lowest BCUT2D eigenvalue weighted by Gasteiger charge is -2.25. The smallest absolute Gasteiger partial charge is 0.289 e. The highest BCUT2D eigenvalue weighted by Gasteiger charge is 2.34. The van der Waals surface area contributed by atoms with E-state index >= 15 is 0 Å². The van der Waals surface area contributed by atoms with Gasteiger partial charge in [-0.1, -0.05) is 24.3 Å². The van der Waals surface area contributed by atoms with E-state index in [2.05, 4.69) is 0 Å². The summed E-state index contributed by atoms with van der Waals surface area (Å²) in [6.07, 6.45) is 2.74. The first-order valence-corrected chi connectivity index (χ1v) is 19.5. The fraction of sp³-hybridized carbons (Fsp3) is 0.410. The number of nitrogens with zero attached hydrogens (tertiary/aromatic N) is 1. The Morgan fingerprint density at radius 1 is 0.815 bits per heavy atom. The number of furan rings is 1. The number of rotatable bonds is 24. The van der Waals surface area contributed by atoms with Gasteiger partial charge in [-0.05, 0) is 67.1 Å². The van der Waals surface area contributed by atoms with E-state index < -0.39 is 27.5 Å². The van der Waals surface area contributed by atoms with E-state index in [4.69, 9.17) is 33.8 Å². The highest BCUT2D eigenvalue weighted by Crippen LogP contribution is 2.48. The number of Topliss-reactive ketones (excluding diaryl/α,β-unsaturated/α-hetero) is 2. The number of sulfonamides is 1. The molecule has 1 aromatic heterocycles. The fourth-order valence-corrected chi connectivity index (χ4v) is 6.68. The van der Waals surface area contributed by atoms with Crippen molar-refractivity contribution in [3.8, 4) is 11.3 Å². The molecule has 1 saturated carbocycles. The van der Waals surface area contributed by atoms with Crippen LogP contribution in [0.5, 0.6) is 0 Å². The van der Waals surface area contributed by atoms with Crippen LogP contribution in [-0.4, -0.2) is 98.2 Å². The summed E-state index contributed by atoms with van der Waals surface area (Å²) in [5, 5.41) is 0.318. The van der Waals surface area contributed by atoms with Gasteiger partial charge in [0.15, 0.2) is 5.78 Å². The SMILES string of the molecule is CC(=O)c1ccc(COCCOCCOCCOCCOCCN(c2cc3oc(-c4ccc(F)cc4)c(C(=O)C(N)=O)c3cc2C2CC2)S(C)(=O)=O)cc1. The van der Waals surface area contributed by atoms with Crippen LogP contribution >= 0.6 is 0 Å². The number of nitrogens with two attached hydrogens (primary N) is 1. The molecule has 3 aromatic carbocycles. The second-order valence-corrected chi connectivity index (χ2v) is 14.7. The maximum atomic E-state index is 13.7. The minimum absolute atomic E-state index is 0.00499. The first-order valence-electron chi connectivity index (χ1n) is 17.6. The molecule has 1 fully saturated rings. The van der Waals surface area contributed by atoms with Crippen LogP contribution in [0.3, 0.4) is 0 Å². The predicted octanol–water partition coefficient (Wildman–Crippen LogP) is 5.04. The Morgan fingerprint density at radius 3 is 1.89 bits per heavy atom. The van der Waals surface area contributed by atoms with Crippen LogP contribution in [0.4, 0.5) is 10.1 Å². The first-order chi connectivity index (χ1) is 25.9. The fourth-order valence-electron chi connectivity index (χ4n) is 5.76. The molecule has 0 bridgehead atoms. The second-order valence-electron chi connectivity index (χ2n) is 12.8. The van der Waals surface area contributed by atoms with E-state index in [9.17, 15) is 27.2 Å². The summed E-state index contributed by atoms with van der Waals surface area (Å²) in [5.74, 6) is -2.54. The molecule has 1 heterocycles. The molecule has 0 saturated heterocycles. The number of ether oxygens (including phenoxy) is 5. The number of carbonyl (C=O) groups excluding carboxylic acids is 3. The van der Waals surface area contributed by atoms with Gasteiger partial charge in [-0.3, -0.25) is 18.7 Å². The van der Waals surface area contributed by atoms with Crippen molar-refractivity contribution in [3.63, 3.8) is 0 Å². The van der Waals surface area contributed by atoms with Crippen LogP contribution in [-0.2, 0) is 45.1 Å². The number of fused-ring (bicyclic) bond motifs is 1. The van der Waals surface area contributed by atoms with E-state index in [0.717, 1.165) is 24.7 Å². The maximum absolute atomic E-state index is 13.7. The van der Waals surface area contributed by atoms with Gasteiger partial charge in [0.25, 0.3) is 11.7 Å². The van der Waals surface area contributed by atoms with Gasteiger partial charge in [0, 0.05) is 22.6 Å². The molecule has 4 aromatic rings. The Kier molecular flexibility index (Phi) is 14.5. The summed E-state index contributed by atoms with van der Waals surface area (Å²) in [6.45, 7) is 4.94. The van der Waals surface area contributed by atoms with Crippen LogP contribution in [0.25, 0.3) is 22.3 Å². The summed E-state index contributed by atoms with van der Waals surface area (Å²) in [6, 6.07) is 15.8. The van der Waals surface area contributed by atoms with Gasteiger partial charge in [-0.25, -0.2) is 12.8 Å². The summed E-state index contributed by atoms with van der Waals surface area (Å²) >= 11 is 0. The largest absolute Gasteiger partial charge is 0.455 e. The Morgan fingerprint density at radius 2 is 1.37 bits per heavy atom. The van der Waals surface area contributed by atoms with Gasteiger partial charge < -0.3 is 33.8 Å². The van der Waals surface area contributed by atoms with Crippen LogP contribution in [0.2, 0.25) is 0 Å². The molecule has 0 unspecified atom stereocenters. The van der Waals surface area contributed by atoms with E-state index in [0.29, 0.717) is 74.0 Å². The molecule has 1 aliphatic rings. The number of hydrogen-bond donors (Lipinski definition) is 1. The highest BCUT2D eigenvalue weighted by molar-refractivity contribution is 7.92. The van der Waals surface area contributed by atoms with Gasteiger partial charge in [0.1, 0.15) is 17.2 Å². The van der Waals surface area contributed by atoms with Gasteiger partial charge >= 0.3 is 0 Å². The minimum Gasteiger partial charge on any atom is -0.455 e. The number of primary amides is 1. The molecular weight excluding hydrogens is 723 g/mol. The van der Waals surface area contributed by atoms with Crippen molar-refractivity contribution in [1.82, 2.24) is 0 Å². The van der Waals surface area contributed by atoms with Crippen molar-refractivity contribution in [2.24, 2.45) is 5.73 Å². The minimum atomic E-state index is -3.79. The number of hydrogen-bond acceptors (Lipinski definition) is 11. The van der Waals surface area contributed by atoms with E-state index in [1.54, 1.807) is 24.3 Å². The lowest BCUT2D eigenvalue weighted by atomic mass is 9.98. The number of carbonyl (C=O) groups is 3. The van der Waals surface area contributed by atoms with Crippen molar-refractivity contribution < 1.29 is 55.3 Å². The number of amides is 1. The Bertz CT molecular complexity index is 2010. The molecule has 290 valence electrons. The topological polar surface area (TPSA) is 174 Å². The van der Waals surface area contributed by atoms with Crippen molar-refractivity contribution in [3.05, 3.63) is 88.7 Å². The molecule has 0 atom stereocenters. The molecule has 5 rings (SSSR count). The number of halogens is 1. The zero-order chi connectivity index (χ0) is 38.7. The van der Waals surface area contributed by atoms with Gasteiger partial charge in [-0.15, -0.1) is 0 Å². The molecule has 1 aliphatic carbocycles. The third kappa shape index (κ3) is 11.3. The van der Waals surface area contributed by atoms with E-state index in [1.807, 2.05) is 12.1 Å². The Labute approximate surface area is 313 Å². The zero-order valence-corrected chi connectivity index (χ0v) is 31.2. The van der Waals surface area contributed by atoms with E-state index in [1.165, 1.54) is 35.5 Å². The molecule has 0 radical (unpaired) electrons. The molecule has 15 heteroatoms.